The Bertz CT molecular complexity index is 720. The second kappa shape index (κ2) is 6.28. The molecule has 0 aromatic carbocycles. The van der Waals surface area contributed by atoms with Gasteiger partial charge in [-0.25, -0.2) is 0 Å². The average Bonchev–Trinajstić information content (AvgIpc) is 2.91. The molecule has 3 saturated carbocycles. The molecular weight excluding hydrogens is 340 g/mol. The third-order valence-corrected chi connectivity index (χ3v) is 8.36. The van der Waals surface area contributed by atoms with Gasteiger partial charge in [0, 0.05) is 24.2 Å². The van der Waals surface area contributed by atoms with E-state index in [4.69, 9.17) is 4.74 Å². The predicted octanol–water partition coefficient (Wildman–Crippen LogP) is 4.27. The van der Waals surface area contributed by atoms with Gasteiger partial charge in [0.1, 0.15) is 11.9 Å². The van der Waals surface area contributed by atoms with E-state index in [9.17, 15) is 14.4 Å². The van der Waals surface area contributed by atoms with Gasteiger partial charge in [-0.05, 0) is 55.4 Å². The molecule has 0 aromatic rings. The minimum Gasteiger partial charge on any atom is -0.462 e. The van der Waals surface area contributed by atoms with Crippen molar-refractivity contribution < 1.29 is 19.1 Å². The molecule has 4 aliphatic carbocycles. The zero-order valence-corrected chi connectivity index (χ0v) is 17.0. The first kappa shape index (κ1) is 18.9. The fraction of sp³-hybridized carbons (Fsp3) is 0.783. The maximum Gasteiger partial charge on any atom is 0.308 e. The molecule has 0 aliphatic heterocycles. The van der Waals surface area contributed by atoms with Gasteiger partial charge in [0.25, 0.3) is 0 Å². The second-order valence-electron chi connectivity index (χ2n) is 10.1. The molecule has 0 saturated heterocycles. The summed E-state index contributed by atoms with van der Waals surface area (Å²) >= 11 is 0. The van der Waals surface area contributed by atoms with E-state index in [-0.39, 0.29) is 46.4 Å². The van der Waals surface area contributed by atoms with Gasteiger partial charge in [0.2, 0.25) is 0 Å². The number of carbonyl (C=O) groups is 3. The fourth-order valence-electron chi connectivity index (χ4n) is 6.54. The highest BCUT2D eigenvalue weighted by Gasteiger charge is 2.61. The lowest BCUT2D eigenvalue weighted by Gasteiger charge is -2.56. The molecule has 4 rings (SSSR count). The van der Waals surface area contributed by atoms with Gasteiger partial charge in [-0.2, -0.15) is 0 Å². The highest BCUT2D eigenvalue weighted by atomic mass is 16.5. The van der Waals surface area contributed by atoms with Crippen molar-refractivity contribution in [2.75, 3.05) is 0 Å². The molecule has 4 nitrogen and oxygen atoms in total. The van der Waals surface area contributed by atoms with Crippen molar-refractivity contribution in [3.8, 4) is 0 Å². The molecule has 0 bridgehead atoms. The molecule has 0 heterocycles. The molecular formula is C23H32O4. The number of carbonyl (C=O) groups excluding carboxylic acids is 3. The Hall–Kier alpha value is -1.45. The van der Waals surface area contributed by atoms with Crippen molar-refractivity contribution >= 4 is 17.5 Å². The van der Waals surface area contributed by atoms with Crippen molar-refractivity contribution in [3.63, 3.8) is 0 Å². The summed E-state index contributed by atoms with van der Waals surface area (Å²) in [5.41, 5.74) is 0.893. The zero-order valence-electron chi connectivity index (χ0n) is 17.0. The summed E-state index contributed by atoms with van der Waals surface area (Å²) in [5.74, 6) is 0.844. The van der Waals surface area contributed by atoms with E-state index in [0.717, 1.165) is 32.1 Å². The van der Waals surface area contributed by atoms with Crippen LogP contribution in [0.1, 0.15) is 72.6 Å². The number of rotatable bonds is 2. The number of fused-ring (bicyclic) bond motifs is 5. The Morgan fingerprint density at radius 1 is 1.07 bits per heavy atom. The van der Waals surface area contributed by atoms with Crippen molar-refractivity contribution in [1.82, 2.24) is 0 Å². The molecule has 0 amide bonds. The SMILES string of the molecule is CC(C)C(=O)O[C@H]1CC[C@@]2(C)C(=CC(=O)C3C2CC[C@]2(C)C(=O)CCC32)C1. The number of hydrogen-bond donors (Lipinski definition) is 0. The van der Waals surface area contributed by atoms with Crippen molar-refractivity contribution in [2.45, 2.75) is 78.7 Å². The zero-order chi connectivity index (χ0) is 19.6. The number of ether oxygens (including phenoxy) is 1. The van der Waals surface area contributed by atoms with E-state index in [1.807, 2.05) is 19.9 Å². The smallest absolute Gasteiger partial charge is 0.308 e. The molecule has 0 radical (unpaired) electrons. The van der Waals surface area contributed by atoms with Gasteiger partial charge in [-0.3, -0.25) is 14.4 Å². The summed E-state index contributed by atoms with van der Waals surface area (Å²) in [4.78, 5) is 37.7. The van der Waals surface area contributed by atoms with Crippen molar-refractivity contribution in [1.29, 1.82) is 0 Å². The number of esters is 1. The molecule has 4 heteroatoms. The standard InChI is InChI=1S/C23H32O4/c1-13(2)21(26)27-15-7-9-22(3)14(11-15)12-18(24)20-16-5-6-19(25)23(16,4)10-8-17(20)22/h12-13,15-17,20H,5-11H2,1-4H3/t15-,16?,17?,20?,22-,23-/m0/s1. The van der Waals surface area contributed by atoms with Crippen LogP contribution < -0.4 is 0 Å². The lowest BCUT2D eigenvalue weighted by Crippen LogP contribution is -2.53. The summed E-state index contributed by atoms with van der Waals surface area (Å²) in [5, 5.41) is 0. The number of hydrogen-bond acceptors (Lipinski definition) is 4. The lowest BCUT2D eigenvalue weighted by molar-refractivity contribution is -0.155. The third kappa shape index (κ3) is 2.74. The maximum atomic E-state index is 13.2. The van der Waals surface area contributed by atoms with Crippen LogP contribution in [0.5, 0.6) is 0 Å². The first-order valence-electron chi connectivity index (χ1n) is 10.7. The van der Waals surface area contributed by atoms with Gasteiger partial charge in [0.15, 0.2) is 5.78 Å². The number of allylic oxidation sites excluding steroid dienone is 1. The monoisotopic (exact) mass is 372 g/mol. The fourth-order valence-corrected chi connectivity index (χ4v) is 6.54. The quantitative estimate of drug-likeness (QED) is 0.679. The lowest BCUT2D eigenvalue weighted by atomic mass is 9.48. The largest absolute Gasteiger partial charge is 0.462 e. The molecule has 4 aliphatic rings. The molecule has 148 valence electrons. The van der Waals surface area contributed by atoms with E-state index in [2.05, 4.69) is 13.8 Å². The topological polar surface area (TPSA) is 60.4 Å². The van der Waals surface area contributed by atoms with Crippen LogP contribution in [0.3, 0.4) is 0 Å². The summed E-state index contributed by atoms with van der Waals surface area (Å²) < 4.78 is 5.68. The molecule has 0 aromatic heterocycles. The van der Waals surface area contributed by atoms with Crippen LogP contribution in [0.25, 0.3) is 0 Å². The van der Waals surface area contributed by atoms with E-state index < -0.39 is 0 Å². The highest BCUT2D eigenvalue weighted by Crippen LogP contribution is 2.63. The van der Waals surface area contributed by atoms with Crippen LogP contribution >= 0.6 is 0 Å². The molecule has 0 spiro atoms. The first-order chi connectivity index (χ1) is 12.7. The minimum atomic E-state index is -0.289. The Kier molecular flexibility index (Phi) is 4.40. The van der Waals surface area contributed by atoms with Crippen LogP contribution in [-0.4, -0.2) is 23.6 Å². The molecule has 3 fully saturated rings. The Morgan fingerprint density at radius 2 is 1.74 bits per heavy atom. The van der Waals surface area contributed by atoms with E-state index in [1.54, 1.807) is 0 Å². The molecule has 27 heavy (non-hydrogen) atoms. The highest BCUT2D eigenvalue weighted by molar-refractivity contribution is 5.96. The van der Waals surface area contributed by atoms with Crippen LogP contribution in [0, 0.1) is 34.5 Å². The van der Waals surface area contributed by atoms with Gasteiger partial charge in [0.05, 0.1) is 5.92 Å². The maximum absolute atomic E-state index is 13.2. The average molecular weight is 373 g/mol. The summed E-state index contributed by atoms with van der Waals surface area (Å²) in [6.07, 6.45) is 7.65. The van der Waals surface area contributed by atoms with Crippen LogP contribution in [0.15, 0.2) is 11.6 Å². The Balaban J connectivity index is 1.60. The van der Waals surface area contributed by atoms with Crippen LogP contribution in [0.2, 0.25) is 0 Å². The number of Topliss-reactive ketones (excluding diaryl/α,β-unsaturated/α-hetero) is 1. The summed E-state index contributed by atoms with van der Waals surface area (Å²) in [7, 11) is 0. The summed E-state index contributed by atoms with van der Waals surface area (Å²) in [6.45, 7) is 8.11. The van der Waals surface area contributed by atoms with Gasteiger partial charge in [-0.15, -0.1) is 0 Å². The van der Waals surface area contributed by atoms with Gasteiger partial charge < -0.3 is 4.74 Å². The van der Waals surface area contributed by atoms with Crippen molar-refractivity contribution in [2.24, 2.45) is 34.5 Å². The Morgan fingerprint density at radius 3 is 2.44 bits per heavy atom. The van der Waals surface area contributed by atoms with E-state index in [0.29, 0.717) is 24.5 Å². The van der Waals surface area contributed by atoms with E-state index in [1.165, 1.54) is 5.57 Å². The molecule has 6 atom stereocenters. The minimum absolute atomic E-state index is 0.00119. The predicted molar refractivity (Wildman–Crippen MR) is 102 cm³/mol. The first-order valence-corrected chi connectivity index (χ1v) is 10.7. The Labute approximate surface area is 162 Å². The van der Waals surface area contributed by atoms with E-state index >= 15 is 0 Å². The van der Waals surface area contributed by atoms with Crippen molar-refractivity contribution in [3.05, 3.63) is 11.6 Å². The second-order valence-corrected chi connectivity index (χ2v) is 10.1. The van der Waals surface area contributed by atoms with Crippen LogP contribution in [0.4, 0.5) is 0 Å². The van der Waals surface area contributed by atoms with Gasteiger partial charge in [-0.1, -0.05) is 33.3 Å². The molecule has 3 unspecified atom stereocenters. The van der Waals surface area contributed by atoms with Gasteiger partial charge >= 0.3 is 5.97 Å². The van der Waals surface area contributed by atoms with Crippen LogP contribution in [-0.2, 0) is 19.1 Å². The number of ketones is 2. The third-order valence-electron chi connectivity index (χ3n) is 8.36. The summed E-state index contributed by atoms with van der Waals surface area (Å²) in [6, 6.07) is 0. The molecule has 0 N–H and O–H groups in total. The normalized spacial score (nSPS) is 43.7.